The third-order valence-corrected chi connectivity index (χ3v) is 4.69. The third kappa shape index (κ3) is 3.48. The topological polar surface area (TPSA) is 20.2 Å². The van der Waals surface area contributed by atoms with Crippen molar-refractivity contribution in [1.82, 2.24) is 0 Å². The van der Waals surface area contributed by atoms with Gasteiger partial charge >= 0.3 is 0 Å². The highest BCUT2D eigenvalue weighted by Gasteiger charge is 2.28. The van der Waals surface area contributed by atoms with Gasteiger partial charge in [0.05, 0.1) is 0 Å². The predicted octanol–water partition coefficient (Wildman–Crippen LogP) is 3.71. The zero-order valence-corrected chi connectivity index (χ0v) is 10.9. The van der Waals surface area contributed by atoms with Crippen LogP contribution in [-0.4, -0.2) is 11.7 Å². The minimum absolute atomic E-state index is 0.352. The van der Waals surface area contributed by atoms with Gasteiger partial charge in [-0.15, -0.1) is 0 Å². The van der Waals surface area contributed by atoms with Gasteiger partial charge in [0, 0.05) is 6.61 Å². The smallest absolute Gasteiger partial charge is 0.0459 e. The highest BCUT2D eigenvalue weighted by Crippen LogP contribution is 2.38. The van der Waals surface area contributed by atoms with E-state index in [2.05, 4.69) is 27.7 Å². The van der Waals surface area contributed by atoms with Crippen molar-refractivity contribution in [2.75, 3.05) is 6.61 Å². The molecule has 0 aliphatic heterocycles. The van der Waals surface area contributed by atoms with E-state index >= 15 is 0 Å². The Kier molecular flexibility index (Phi) is 5.11. The molecule has 1 N–H and O–H groups in total. The van der Waals surface area contributed by atoms with Crippen molar-refractivity contribution in [3.8, 4) is 0 Å². The molecule has 1 saturated carbocycles. The molecule has 0 bridgehead atoms. The normalized spacial score (nSPS) is 31.6. The molecule has 0 radical (unpaired) electrons. The van der Waals surface area contributed by atoms with Crippen molar-refractivity contribution in [1.29, 1.82) is 0 Å². The Morgan fingerprint density at radius 1 is 0.933 bits per heavy atom. The first-order chi connectivity index (χ1) is 7.06. The molecule has 90 valence electrons. The van der Waals surface area contributed by atoms with Crippen LogP contribution >= 0.6 is 0 Å². The lowest BCUT2D eigenvalue weighted by Crippen LogP contribution is -2.27. The maximum absolute atomic E-state index is 9.18. The minimum Gasteiger partial charge on any atom is -0.396 e. The Morgan fingerprint density at radius 2 is 1.40 bits per heavy atom. The fourth-order valence-electron chi connectivity index (χ4n) is 2.97. The summed E-state index contributed by atoms with van der Waals surface area (Å²) < 4.78 is 0. The van der Waals surface area contributed by atoms with Crippen molar-refractivity contribution >= 4 is 0 Å². The summed E-state index contributed by atoms with van der Waals surface area (Å²) in [6, 6.07) is 0. The fourth-order valence-corrected chi connectivity index (χ4v) is 2.97. The van der Waals surface area contributed by atoms with E-state index in [0.717, 1.165) is 17.8 Å². The zero-order chi connectivity index (χ0) is 11.4. The monoisotopic (exact) mass is 212 g/mol. The SMILES string of the molecule is CC(C)C1CCC(C(C)C(C)CO)CC1. The molecule has 0 saturated heterocycles. The van der Waals surface area contributed by atoms with E-state index in [1.54, 1.807) is 0 Å². The van der Waals surface area contributed by atoms with Crippen LogP contribution in [0.15, 0.2) is 0 Å². The van der Waals surface area contributed by atoms with Crippen molar-refractivity contribution in [2.24, 2.45) is 29.6 Å². The van der Waals surface area contributed by atoms with Crippen LogP contribution in [0.5, 0.6) is 0 Å². The quantitative estimate of drug-likeness (QED) is 0.753. The van der Waals surface area contributed by atoms with E-state index in [-0.39, 0.29) is 0 Å². The zero-order valence-electron chi connectivity index (χ0n) is 10.9. The van der Waals surface area contributed by atoms with E-state index in [4.69, 9.17) is 0 Å². The summed E-state index contributed by atoms with van der Waals surface area (Å²) in [6.07, 6.45) is 5.58. The Labute approximate surface area is 95.3 Å². The summed E-state index contributed by atoms with van der Waals surface area (Å²) >= 11 is 0. The van der Waals surface area contributed by atoms with Crippen LogP contribution in [0.25, 0.3) is 0 Å². The molecule has 1 nitrogen and oxygen atoms in total. The number of hydrogen-bond donors (Lipinski definition) is 1. The van der Waals surface area contributed by atoms with Crippen LogP contribution in [-0.2, 0) is 0 Å². The number of hydrogen-bond acceptors (Lipinski definition) is 1. The first-order valence-electron chi connectivity index (χ1n) is 6.67. The van der Waals surface area contributed by atoms with Crippen LogP contribution in [0.4, 0.5) is 0 Å². The molecule has 0 heterocycles. The summed E-state index contributed by atoms with van der Waals surface area (Å²) in [6.45, 7) is 9.56. The molecule has 1 aliphatic rings. The standard InChI is InChI=1S/C14H28O/c1-10(2)13-5-7-14(8-6-13)12(4)11(3)9-15/h10-15H,5-9H2,1-4H3. The molecule has 15 heavy (non-hydrogen) atoms. The number of aliphatic hydroxyl groups is 1. The van der Waals surface area contributed by atoms with Gasteiger partial charge < -0.3 is 5.11 Å². The summed E-state index contributed by atoms with van der Waals surface area (Å²) in [5.41, 5.74) is 0. The van der Waals surface area contributed by atoms with Gasteiger partial charge in [0.25, 0.3) is 0 Å². The Bertz CT molecular complexity index is 168. The van der Waals surface area contributed by atoms with Crippen LogP contribution in [0.2, 0.25) is 0 Å². The lowest BCUT2D eigenvalue weighted by atomic mass is 9.70. The summed E-state index contributed by atoms with van der Waals surface area (Å²) in [5, 5.41) is 9.18. The predicted molar refractivity (Wildman–Crippen MR) is 65.7 cm³/mol. The van der Waals surface area contributed by atoms with Gasteiger partial charge in [0.1, 0.15) is 0 Å². The molecule has 1 fully saturated rings. The molecule has 0 spiro atoms. The van der Waals surface area contributed by atoms with Crippen molar-refractivity contribution in [2.45, 2.75) is 53.4 Å². The molecule has 0 amide bonds. The first kappa shape index (κ1) is 13.0. The summed E-state index contributed by atoms with van der Waals surface area (Å²) in [7, 11) is 0. The molecular formula is C14H28O. The summed E-state index contributed by atoms with van der Waals surface area (Å²) in [4.78, 5) is 0. The molecule has 1 heteroatoms. The Hall–Kier alpha value is -0.0400. The van der Waals surface area contributed by atoms with Crippen LogP contribution in [0.3, 0.4) is 0 Å². The average molecular weight is 212 g/mol. The van der Waals surface area contributed by atoms with Gasteiger partial charge in [-0.1, -0.05) is 27.7 Å². The van der Waals surface area contributed by atoms with Crippen molar-refractivity contribution in [3.63, 3.8) is 0 Å². The van der Waals surface area contributed by atoms with Gasteiger partial charge in [-0.3, -0.25) is 0 Å². The maximum atomic E-state index is 9.18. The van der Waals surface area contributed by atoms with Crippen molar-refractivity contribution < 1.29 is 5.11 Å². The molecule has 0 aromatic carbocycles. The minimum atomic E-state index is 0.352. The molecule has 0 aromatic heterocycles. The second-order valence-corrected chi connectivity index (χ2v) is 5.94. The van der Waals surface area contributed by atoms with E-state index in [1.165, 1.54) is 25.7 Å². The van der Waals surface area contributed by atoms with Crippen LogP contribution in [0, 0.1) is 29.6 Å². The van der Waals surface area contributed by atoms with Crippen LogP contribution < -0.4 is 0 Å². The Balaban J connectivity index is 2.36. The lowest BCUT2D eigenvalue weighted by Gasteiger charge is -2.36. The molecular weight excluding hydrogens is 184 g/mol. The maximum Gasteiger partial charge on any atom is 0.0459 e. The van der Waals surface area contributed by atoms with Gasteiger partial charge in [-0.25, -0.2) is 0 Å². The second kappa shape index (κ2) is 5.89. The highest BCUT2D eigenvalue weighted by atomic mass is 16.3. The third-order valence-electron chi connectivity index (χ3n) is 4.69. The fraction of sp³-hybridized carbons (Fsp3) is 1.00. The molecule has 2 atom stereocenters. The second-order valence-electron chi connectivity index (χ2n) is 5.94. The van der Waals surface area contributed by atoms with E-state index in [9.17, 15) is 5.11 Å². The van der Waals surface area contributed by atoms with Gasteiger partial charge in [0.15, 0.2) is 0 Å². The van der Waals surface area contributed by atoms with Gasteiger partial charge in [0.2, 0.25) is 0 Å². The molecule has 1 aliphatic carbocycles. The van der Waals surface area contributed by atoms with E-state index < -0.39 is 0 Å². The van der Waals surface area contributed by atoms with Gasteiger partial charge in [-0.05, 0) is 55.3 Å². The molecule has 2 unspecified atom stereocenters. The average Bonchev–Trinajstić information content (AvgIpc) is 2.27. The van der Waals surface area contributed by atoms with E-state index in [1.807, 2.05) is 0 Å². The number of aliphatic hydroxyl groups excluding tert-OH is 1. The number of rotatable bonds is 4. The molecule has 1 rings (SSSR count). The summed E-state index contributed by atoms with van der Waals surface area (Å²) in [5.74, 6) is 3.85. The van der Waals surface area contributed by atoms with E-state index in [0.29, 0.717) is 18.4 Å². The van der Waals surface area contributed by atoms with Crippen molar-refractivity contribution in [3.05, 3.63) is 0 Å². The lowest BCUT2D eigenvalue weighted by molar-refractivity contribution is 0.115. The highest BCUT2D eigenvalue weighted by molar-refractivity contribution is 4.79. The van der Waals surface area contributed by atoms with Crippen LogP contribution in [0.1, 0.15) is 53.4 Å². The first-order valence-corrected chi connectivity index (χ1v) is 6.67. The Morgan fingerprint density at radius 3 is 1.80 bits per heavy atom. The van der Waals surface area contributed by atoms with Gasteiger partial charge in [-0.2, -0.15) is 0 Å². The largest absolute Gasteiger partial charge is 0.396 e. The molecule has 0 aromatic rings.